The number of carbonyl (C=O) groups is 1. The lowest BCUT2D eigenvalue weighted by molar-refractivity contribution is -0.116. The average Bonchev–Trinajstić information content (AvgIpc) is 2.96. The Labute approximate surface area is 144 Å². The number of anilines is 1. The van der Waals surface area contributed by atoms with E-state index in [0.717, 1.165) is 22.4 Å². The van der Waals surface area contributed by atoms with Crippen molar-refractivity contribution in [3.05, 3.63) is 59.1 Å². The normalized spacial score (nSPS) is 10.6. The van der Waals surface area contributed by atoms with Crippen molar-refractivity contribution in [2.45, 2.75) is 19.8 Å². The maximum Gasteiger partial charge on any atom is 0.225 e. The minimum Gasteiger partial charge on any atom is -0.309 e. The van der Waals surface area contributed by atoms with E-state index in [2.05, 4.69) is 25.5 Å². The molecule has 0 unspecified atom stereocenters. The third-order valence-corrected chi connectivity index (χ3v) is 3.89. The van der Waals surface area contributed by atoms with Crippen LogP contribution in [-0.2, 0) is 11.2 Å². The zero-order valence-corrected chi connectivity index (χ0v) is 13.8. The van der Waals surface area contributed by atoms with Crippen molar-refractivity contribution < 1.29 is 4.79 Å². The smallest absolute Gasteiger partial charge is 0.225 e. The highest BCUT2D eigenvalue weighted by molar-refractivity contribution is 6.29. The number of rotatable bonds is 5. The van der Waals surface area contributed by atoms with Crippen LogP contribution in [0.2, 0.25) is 5.15 Å². The highest BCUT2D eigenvalue weighted by Crippen LogP contribution is 2.25. The summed E-state index contributed by atoms with van der Waals surface area (Å²) in [5, 5.41) is 10.4. The molecule has 0 bridgehead atoms. The molecule has 7 heteroatoms. The molecule has 3 rings (SSSR count). The van der Waals surface area contributed by atoms with Crippen molar-refractivity contribution in [3.63, 3.8) is 0 Å². The number of hydrogen-bond donors (Lipinski definition) is 2. The van der Waals surface area contributed by atoms with E-state index in [1.54, 1.807) is 24.7 Å². The minimum absolute atomic E-state index is 0.0965. The Morgan fingerprint density at radius 2 is 2.04 bits per heavy atom. The lowest BCUT2D eigenvalue weighted by Crippen LogP contribution is -2.13. The largest absolute Gasteiger partial charge is 0.309 e. The van der Waals surface area contributed by atoms with Crippen LogP contribution in [0.25, 0.3) is 11.3 Å². The molecule has 3 heterocycles. The van der Waals surface area contributed by atoms with Gasteiger partial charge in [0, 0.05) is 36.1 Å². The zero-order chi connectivity index (χ0) is 16.9. The summed E-state index contributed by atoms with van der Waals surface area (Å²) in [5.74, 6) is 0.446. The van der Waals surface area contributed by atoms with Crippen molar-refractivity contribution in [2.24, 2.45) is 0 Å². The Kier molecular flexibility index (Phi) is 4.86. The molecule has 2 N–H and O–H groups in total. The van der Waals surface area contributed by atoms with Gasteiger partial charge in [0.1, 0.15) is 5.15 Å². The van der Waals surface area contributed by atoms with Crippen molar-refractivity contribution in [1.29, 1.82) is 0 Å². The molecule has 6 nitrogen and oxygen atoms in total. The van der Waals surface area contributed by atoms with E-state index in [1.165, 1.54) is 0 Å². The van der Waals surface area contributed by atoms with Crippen LogP contribution < -0.4 is 5.32 Å². The van der Waals surface area contributed by atoms with E-state index < -0.39 is 0 Å². The monoisotopic (exact) mass is 341 g/mol. The highest BCUT2D eigenvalue weighted by Gasteiger charge is 2.13. The van der Waals surface area contributed by atoms with Crippen molar-refractivity contribution >= 4 is 23.3 Å². The van der Waals surface area contributed by atoms with Gasteiger partial charge in [-0.15, -0.1) is 0 Å². The number of aromatic nitrogens is 4. The molecule has 24 heavy (non-hydrogen) atoms. The molecule has 0 atom stereocenters. The van der Waals surface area contributed by atoms with Crippen LogP contribution in [0.3, 0.4) is 0 Å². The minimum atomic E-state index is -0.0965. The van der Waals surface area contributed by atoms with Gasteiger partial charge < -0.3 is 5.32 Å². The van der Waals surface area contributed by atoms with Crippen LogP contribution in [0.5, 0.6) is 0 Å². The molecule has 0 radical (unpaired) electrons. The van der Waals surface area contributed by atoms with Gasteiger partial charge in [0.25, 0.3) is 0 Å². The van der Waals surface area contributed by atoms with E-state index in [-0.39, 0.29) is 5.91 Å². The number of carbonyl (C=O) groups excluding carboxylic acids is 1. The van der Waals surface area contributed by atoms with Gasteiger partial charge in [-0.3, -0.25) is 14.9 Å². The fourth-order valence-electron chi connectivity index (χ4n) is 2.33. The molecule has 3 aromatic heterocycles. The summed E-state index contributed by atoms with van der Waals surface area (Å²) < 4.78 is 0. The third-order valence-electron chi connectivity index (χ3n) is 3.67. The van der Waals surface area contributed by atoms with Gasteiger partial charge in [0.05, 0.1) is 5.69 Å². The van der Waals surface area contributed by atoms with E-state index in [1.807, 2.05) is 25.1 Å². The van der Waals surface area contributed by atoms with Crippen LogP contribution in [0.15, 0.2) is 42.9 Å². The van der Waals surface area contributed by atoms with Gasteiger partial charge in [-0.25, -0.2) is 4.98 Å². The first-order valence-corrected chi connectivity index (χ1v) is 7.87. The average molecular weight is 342 g/mol. The second-order valence-corrected chi connectivity index (χ2v) is 5.73. The predicted molar refractivity (Wildman–Crippen MR) is 92.8 cm³/mol. The van der Waals surface area contributed by atoms with Gasteiger partial charge in [0.2, 0.25) is 5.91 Å². The highest BCUT2D eigenvalue weighted by atomic mass is 35.5. The van der Waals surface area contributed by atoms with Crippen LogP contribution in [-0.4, -0.2) is 26.1 Å². The van der Waals surface area contributed by atoms with Gasteiger partial charge in [-0.2, -0.15) is 5.10 Å². The molecule has 0 fully saturated rings. The second-order valence-electron chi connectivity index (χ2n) is 5.35. The van der Waals surface area contributed by atoms with Crippen LogP contribution in [0, 0.1) is 6.92 Å². The molecule has 0 aliphatic rings. The summed E-state index contributed by atoms with van der Waals surface area (Å²) >= 11 is 5.75. The molecule has 1 amide bonds. The Hall–Kier alpha value is -2.73. The second kappa shape index (κ2) is 7.23. The summed E-state index contributed by atoms with van der Waals surface area (Å²) in [5.41, 5.74) is 3.70. The number of hydrogen-bond acceptors (Lipinski definition) is 4. The van der Waals surface area contributed by atoms with E-state index in [9.17, 15) is 4.79 Å². The van der Waals surface area contributed by atoms with Crippen molar-refractivity contribution in [2.75, 3.05) is 5.32 Å². The number of H-pyrrole nitrogens is 1. The van der Waals surface area contributed by atoms with E-state index >= 15 is 0 Å². The summed E-state index contributed by atoms with van der Waals surface area (Å²) in [7, 11) is 0. The first-order valence-electron chi connectivity index (χ1n) is 7.49. The molecular formula is C17H16ClN5O. The number of nitrogens with one attached hydrogen (secondary N) is 2. The molecule has 0 aromatic carbocycles. The summed E-state index contributed by atoms with van der Waals surface area (Å²) in [4.78, 5) is 20.1. The maximum atomic E-state index is 12.1. The summed E-state index contributed by atoms with van der Waals surface area (Å²) in [6.45, 7) is 1.91. The lowest BCUT2D eigenvalue weighted by Gasteiger charge is -2.04. The quantitative estimate of drug-likeness (QED) is 0.697. The summed E-state index contributed by atoms with van der Waals surface area (Å²) in [6, 6.07) is 7.36. The first kappa shape index (κ1) is 16.1. The number of nitrogens with zero attached hydrogens (tertiary/aromatic N) is 3. The zero-order valence-electron chi connectivity index (χ0n) is 13.1. The molecule has 0 aliphatic carbocycles. The fourth-order valence-corrected chi connectivity index (χ4v) is 2.44. The molecule has 122 valence electrons. The topological polar surface area (TPSA) is 83.6 Å². The van der Waals surface area contributed by atoms with E-state index in [0.29, 0.717) is 23.8 Å². The number of aryl methyl sites for hydroxylation is 1. The van der Waals surface area contributed by atoms with E-state index in [4.69, 9.17) is 11.6 Å². The van der Waals surface area contributed by atoms with Crippen molar-refractivity contribution in [3.8, 4) is 11.3 Å². The Morgan fingerprint density at radius 1 is 1.25 bits per heavy atom. The standard InChI is InChI=1S/C17H16ClN5O/c1-11-16(13-6-8-19-9-7-13)22-23-17(11)21-15(24)5-3-12-2-4-14(18)20-10-12/h2,4,6-10H,3,5H2,1H3,(H2,21,22,23,24). The van der Waals surface area contributed by atoms with Crippen LogP contribution in [0.4, 0.5) is 5.82 Å². The van der Waals surface area contributed by atoms with Crippen molar-refractivity contribution in [1.82, 2.24) is 20.2 Å². The maximum absolute atomic E-state index is 12.1. The predicted octanol–water partition coefficient (Wildman–Crippen LogP) is 3.40. The van der Waals surface area contributed by atoms with Crippen LogP contribution >= 0.6 is 11.6 Å². The van der Waals surface area contributed by atoms with Gasteiger partial charge in [0.15, 0.2) is 5.82 Å². The molecule has 0 aliphatic heterocycles. The third kappa shape index (κ3) is 3.78. The summed E-state index contributed by atoms with van der Waals surface area (Å²) in [6.07, 6.45) is 6.05. The first-order chi connectivity index (χ1) is 11.6. The number of halogens is 1. The molecular weight excluding hydrogens is 326 g/mol. The van der Waals surface area contributed by atoms with Gasteiger partial charge >= 0.3 is 0 Å². The van der Waals surface area contributed by atoms with Gasteiger partial charge in [-0.05, 0) is 37.1 Å². The number of pyridine rings is 2. The Bertz CT molecular complexity index is 830. The number of aromatic amines is 1. The molecule has 0 saturated heterocycles. The fraction of sp³-hybridized carbons (Fsp3) is 0.176. The Morgan fingerprint density at radius 3 is 2.75 bits per heavy atom. The Balaban J connectivity index is 1.63. The van der Waals surface area contributed by atoms with Crippen LogP contribution in [0.1, 0.15) is 17.5 Å². The van der Waals surface area contributed by atoms with Gasteiger partial charge in [-0.1, -0.05) is 17.7 Å². The molecule has 0 saturated carbocycles. The SMILES string of the molecule is Cc1c(NC(=O)CCc2ccc(Cl)nc2)n[nH]c1-c1ccncc1. The number of amides is 1. The lowest BCUT2D eigenvalue weighted by atomic mass is 10.1. The molecule has 0 spiro atoms. The molecule has 3 aromatic rings.